The minimum absolute atomic E-state index is 1.18. The van der Waals surface area contributed by atoms with Gasteiger partial charge in [0.15, 0.2) is 0 Å². The van der Waals surface area contributed by atoms with Crippen LogP contribution in [-0.4, -0.2) is 0 Å². The maximum Gasteiger partial charge on any atom is 0.0617 e. The summed E-state index contributed by atoms with van der Waals surface area (Å²) < 4.78 is 5.14. The fourth-order valence-electron chi connectivity index (χ4n) is 1.40. The van der Waals surface area contributed by atoms with Crippen LogP contribution < -0.4 is 0 Å². The van der Waals surface area contributed by atoms with Crippen LogP contribution in [0.3, 0.4) is 0 Å². The molecule has 0 fully saturated rings. The second-order valence-corrected chi connectivity index (χ2v) is 7.49. The van der Waals surface area contributed by atoms with Crippen molar-refractivity contribution in [3.05, 3.63) is 31.8 Å². The van der Waals surface area contributed by atoms with Crippen LogP contribution in [0.25, 0.3) is 19.2 Å². The highest BCUT2D eigenvalue weighted by atomic mass is 79.9. The first kappa shape index (κ1) is 10.5. The normalized spacial score (nSPS) is 11.3. The number of fused-ring (bicyclic) bond motifs is 1. The summed E-state index contributed by atoms with van der Waals surface area (Å²) in [4.78, 5) is 2.65. The van der Waals surface area contributed by atoms with Crippen LogP contribution in [0.4, 0.5) is 0 Å². The molecule has 0 aliphatic rings. The molecule has 0 bridgehead atoms. The molecule has 3 heterocycles. The first-order valence-corrected chi connectivity index (χ1v) is 8.32. The van der Waals surface area contributed by atoms with Gasteiger partial charge in [-0.05, 0) is 54.8 Å². The van der Waals surface area contributed by atoms with E-state index in [0.717, 1.165) is 0 Å². The molecule has 0 saturated heterocycles. The molecule has 76 valence electrons. The van der Waals surface area contributed by atoms with Crippen LogP contribution in [0.1, 0.15) is 0 Å². The molecule has 0 spiro atoms. The number of hydrogen-bond acceptors (Lipinski definition) is 3. The zero-order valence-electron chi connectivity index (χ0n) is 7.29. The fourth-order valence-corrected chi connectivity index (χ4v) is 6.61. The lowest BCUT2D eigenvalue weighted by Crippen LogP contribution is -1.65. The minimum Gasteiger partial charge on any atom is -0.142 e. The van der Waals surface area contributed by atoms with Gasteiger partial charge in [-0.25, -0.2) is 0 Å². The van der Waals surface area contributed by atoms with Gasteiger partial charge in [0.25, 0.3) is 0 Å². The Morgan fingerprint density at radius 1 is 0.933 bits per heavy atom. The first-order chi connectivity index (χ1) is 7.27. The summed E-state index contributed by atoms with van der Waals surface area (Å²) in [6.45, 7) is 0. The third-order valence-corrected chi connectivity index (χ3v) is 7.60. The lowest BCUT2D eigenvalue weighted by molar-refractivity contribution is 1.85. The van der Waals surface area contributed by atoms with Crippen LogP contribution in [0.2, 0.25) is 0 Å². The first-order valence-electron chi connectivity index (χ1n) is 4.16. The van der Waals surface area contributed by atoms with E-state index in [2.05, 4.69) is 54.8 Å². The average Bonchev–Trinajstić information content (AvgIpc) is 2.85. The Balaban J connectivity index is 2.31. The number of hydrogen-bond donors (Lipinski definition) is 0. The van der Waals surface area contributed by atoms with Gasteiger partial charge in [0.1, 0.15) is 0 Å². The van der Waals surface area contributed by atoms with Crippen LogP contribution in [-0.2, 0) is 0 Å². The van der Waals surface area contributed by atoms with Crippen LogP contribution in [0.5, 0.6) is 0 Å². The summed E-state index contributed by atoms with van der Waals surface area (Å²) in [6, 6.07) is 4.28. The van der Waals surface area contributed by atoms with Crippen molar-refractivity contribution in [3.63, 3.8) is 0 Å². The molecular weight excluding hydrogens is 376 g/mol. The molecule has 0 aliphatic carbocycles. The Labute approximate surface area is 116 Å². The van der Waals surface area contributed by atoms with E-state index in [1.165, 1.54) is 28.1 Å². The Morgan fingerprint density at radius 2 is 1.73 bits per heavy atom. The third kappa shape index (κ3) is 1.65. The van der Waals surface area contributed by atoms with E-state index in [0.29, 0.717) is 0 Å². The van der Waals surface area contributed by atoms with Crippen LogP contribution >= 0.6 is 65.9 Å². The van der Waals surface area contributed by atoms with E-state index in [1.807, 2.05) is 11.3 Å². The molecule has 0 aromatic carbocycles. The van der Waals surface area contributed by atoms with Gasteiger partial charge in [-0.3, -0.25) is 0 Å². The van der Waals surface area contributed by atoms with Crippen molar-refractivity contribution in [2.45, 2.75) is 0 Å². The average molecular weight is 380 g/mol. The highest BCUT2D eigenvalue weighted by Crippen LogP contribution is 2.48. The predicted octanol–water partition coefficient (Wildman–Crippen LogP) is 6.22. The smallest absolute Gasteiger partial charge is 0.0617 e. The fraction of sp³-hybridized carbons (Fsp3) is 0. The zero-order chi connectivity index (χ0) is 10.4. The summed E-state index contributed by atoms with van der Waals surface area (Å²) >= 11 is 12.7. The van der Waals surface area contributed by atoms with Gasteiger partial charge in [0.05, 0.1) is 18.9 Å². The number of thiophene rings is 3. The lowest BCUT2D eigenvalue weighted by atomic mass is 10.4. The maximum absolute atomic E-state index is 3.69. The van der Waals surface area contributed by atoms with E-state index < -0.39 is 0 Å². The zero-order valence-corrected chi connectivity index (χ0v) is 12.9. The molecule has 5 heteroatoms. The van der Waals surface area contributed by atoms with Gasteiger partial charge in [0.2, 0.25) is 0 Å². The van der Waals surface area contributed by atoms with Crippen LogP contribution in [0.15, 0.2) is 31.8 Å². The van der Waals surface area contributed by atoms with E-state index >= 15 is 0 Å². The molecule has 0 nitrogen and oxygen atoms in total. The molecule has 0 saturated carbocycles. The standard InChI is InChI=1S/C10H4Br2S3/c11-5-1-3-13-8(5)10-7(12)9-6(15-10)2-4-14-9/h1-4H. The lowest BCUT2D eigenvalue weighted by Gasteiger charge is -1.94. The molecule has 15 heavy (non-hydrogen) atoms. The van der Waals surface area contributed by atoms with E-state index in [4.69, 9.17) is 0 Å². The minimum atomic E-state index is 1.18. The van der Waals surface area contributed by atoms with Gasteiger partial charge < -0.3 is 0 Å². The van der Waals surface area contributed by atoms with E-state index in [9.17, 15) is 0 Å². The largest absolute Gasteiger partial charge is 0.142 e. The molecule has 3 aromatic rings. The Bertz CT molecular complexity index is 617. The summed E-state index contributed by atoms with van der Waals surface area (Å²) in [5, 5.41) is 4.25. The molecule has 0 atom stereocenters. The Kier molecular flexibility index (Phi) is 2.77. The van der Waals surface area contributed by atoms with E-state index in [-0.39, 0.29) is 0 Å². The number of rotatable bonds is 1. The van der Waals surface area contributed by atoms with Gasteiger partial charge in [-0.15, -0.1) is 34.0 Å². The van der Waals surface area contributed by atoms with Crippen molar-refractivity contribution >= 4 is 75.3 Å². The van der Waals surface area contributed by atoms with Crippen molar-refractivity contribution in [2.24, 2.45) is 0 Å². The maximum atomic E-state index is 3.69. The van der Waals surface area contributed by atoms with Gasteiger partial charge in [-0.2, -0.15) is 0 Å². The van der Waals surface area contributed by atoms with Crippen molar-refractivity contribution in [1.82, 2.24) is 0 Å². The van der Waals surface area contributed by atoms with Crippen molar-refractivity contribution in [1.29, 1.82) is 0 Å². The van der Waals surface area contributed by atoms with Crippen molar-refractivity contribution < 1.29 is 0 Å². The molecule has 0 N–H and O–H groups in total. The topological polar surface area (TPSA) is 0 Å². The Hall–Kier alpha value is 0.320. The summed E-state index contributed by atoms with van der Waals surface area (Å²) in [5.41, 5.74) is 0. The second-order valence-electron chi connectivity index (χ2n) is 2.96. The third-order valence-electron chi connectivity index (χ3n) is 2.06. The highest BCUT2D eigenvalue weighted by molar-refractivity contribution is 9.11. The summed E-state index contributed by atoms with van der Waals surface area (Å²) in [7, 11) is 0. The summed E-state index contributed by atoms with van der Waals surface area (Å²) in [5.74, 6) is 0. The monoisotopic (exact) mass is 378 g/mol. The van der Waals surface area contributed by atoms with Gasteiger partial charge >= 0.3 is 0 Å². The SMILES string of the molecule is Brc1ccsc1-c1sc2ccsc2c1Br. The molecule has 0 amide bonds. The predicted molar refractivity (Wildman–Crippen MR) is 78.4 cm³/mol. The molecule has 0 aliphatic heterocycles. The highest BCUT2D eigenvalue weighted by Gasteiger charge is 2.15. The molecule has 0 radical (unpaired) electrons. The molecule has 0 unspecified atom stereocenters. The van der Waals surface area contributed by atoms with Crippen LogP contribution in [0, 0.1) is 0 Å². The molecule has 3 aromatic heterocycles. The van der Waals surface area contributed by atoms with Crippen molar-refractivity contribution in [3.8, 4) is 9.75 Å². The quantitative estimate of drug-likeness (QED) is 0.471. The summed E-state index contributed by atoms with van der Waals surface area (Å²) in [6.07, 6.45) is 0. The van der Waals surface area contributed by atoms with Crippen molar-refractivity contribution in [2.75, 3.05) is 0 Å². The molecule has 3 rings (SSSR count). The molecular formula is C10H4Br2S3. The Morgan fingerprint density at radius 3 is 2.40 bits per heavy atom. The number of halogens is 2. The van der Waals surface area contributed by atoms with E-state index in [1.54, 1.807) is 22.7 Å². The van der Waals surface area contributed by atoms with Gasteiger partial charge in [0, 0.05) is 9.17 Å². The second kappa shape index (κ2) is 3.96. The van der Waals surface area contributed by atoms with Gasteiger partial charge in [-0.1, -0.05) is 0 Å².